The lowest BCUT2D eigenvalue weighted by Crippen LogP contribution is -2.30. The molecule has 6 heteroatoms. The molecule has 0 amide bonds. The molecule has 62 heavy (non-hydrogen) atoms. The maximum Gasteiger partial charge on any atom is 0.306 e. The Morgan fingerprint density at radius 1 is 0.339 bits per heavy atom. The van der Waals surface area contributed by atoms with E-state index in [-0.39, 0.29) is 31.1 Å². The highest BCUT2D eigenvalue weighted by Gasteiger charge is 2.19. The summed E-state index contributed by atoms with van der Waals surface area (Å²) in [7, 11) is 0. The minimum atomic E-state index is -0.786. The van der Waals surface area contributed by atoms with Gasteiger partial charge >= 0.3 is 17.9 Å². The van der Waals surface area contributed by atoms with Gasteiger partial charge in [0, 0.05) is 19.3 Å². The summed E-state index contributed by atoms with van der Waals surface area (Å²) in [4.78, 5) is 38.0. The predicted octanol–water partition coefficient (Wildman–Crippen LogP) is 17.5. The van der Waals surface area contributed by atoms with Crippen LogP contribution in [-0.4, -0.2) is 37.2 Å². The molecule has 0 spiro atoms. The third kappa shape index (κ3) is 48.4. The molecular formula is C56H100O6. The molecule has 0 saturated carbocycles. The zero-order valence-electron chi connectivity index (χ0n) is 41.1. The Bertz CT molecular complexity index is 1090. The highest BCUT2D eigenvalue weighted by molar-refractivity contribution is 5.71. The Hall–Kier alpha value is -2.63. The first-order valence-electron chi connectivity index (χ1n) is 26.6. The number of esters is 3. The lowest BCUT2D eigenvalue weighted by Gasteiger charge is -2.18. The van der Waals surface area contributed by atoms with Crippen molar-refractivity contribution in [2.45, 2.75) is 277 Å². The van der Waals surface area contributed by atoms with E-state index in [1.807, 2.05) is 0 Å². The molecule has 1 unspecified atom stereocenters. The van der Waals surface area contributed by atoms with Crippen LogP contribution in [0.4, 0.5) is 0 Å². The van der Waals surface area contributed by atoms with Crippen molar-refractivity contribution < 1.29 is 28.6 Å². The maximum absolute atomic E-state index is 12.8. The molecule has 0 N–H and O–H groups in total. The van der Waals surface area contributed by atoms with Crippen molar-refractivity contribution in [1.82, 2.24) is 0 Å². The van der Waals surface area contributed by atoms with Crippen LogP contribution in [-0.2, 0) is 28.6 Å². The summed E-state index contributed by atoms with van der Waals surface area (Å²) >= 11 is 0. The minimum absolute atomic E-state index is 0.0833. The summed E-state index contributed by atoms with van der Waals surface area (Å²) in [5, 5.41) is 0. The van der Waals surface area contributed by atoms with Gasteiger partial charge in [0.1, 0.15) is 13.2 Å². The van der Waals surface area contributed by atoms with E-state index in [1.54, 1.807) is 0 Å². The van der Waals surface area contributed by atoms with Gasteiger partial charge in [-0.3, -0.25) is 14.4 Å². The van der Waals surface area contributed by atoms with Crippen LogP contribution in [0.15, 0.2) is 48.6 Å². The van der Waals surface area contributed by atoms with Crippen molar-refractivity contribution in [3.05, 3.63) is 48.6 Å². The van der Waals surface area contributed by atoms with Gasteiger partial charge in [-0.15, -0.1) is 0 Å². The van der Waals surface area contributed by atoms with Crippen LogP contribution >= 0.6 is 0 Å². The van der Waals surface area contributed by atoms with Gasteiger partial charge in [0.15, 0.2) is 6.10 Å². The summed E-state index contributed by atoms with van der Waals surface area (Å²) in [6.45, 7) is 6.50. The summed E-state index contributed by atoms with van der Waals surface area (Å²) in [6, 6.07) is 0. The number of allylic oxidation sites excluding steroid dienone is 8. The Balaban J connectivity index is 4.38. The highest BCUT2D eigenvalue weighted by Crippen LogP contribution is 2.16. The number of unbranched alkanes of at least 4 members (excludes halogenated alkanes) is 29. The second-order valence-corrected chi connectivity index (χ2v) is 17.8. The quantitative estimate of drug-likeness (QED) is 0.0262. The molecule has 0 rings (SSSR count). The first kappa shape index (κ1) is 59.4. The van der Waals surface area contributed by atoms with E-state index in [0.717, 1.165) is 96.3 Å². The zero-order chi connectivity index (χ0) is 45.1. The van der Waals surface area contributed by atoms with Crippen LogP contribution in [0.1, 0.15) is 271 Å². The Morgan fingerprint density at radius 2 is 0.629 bits per heavy atom. The van der Waals surface area contributed by atoms with E-state index in [4.69, 9.17) is 14.2 Å². The molecule has 0 aromatic carbocycles. The van der Waals surface area contributed by atoms with Crippen LogP contribution in [0, 0.1) is 0 Å². The van der Waals surface area contributed by atoms with Crippen molar-refractivity contribution in [2.24, 2.45) is 0 Å². The maximum atomic E-state index is 12.8. The smallest absolute Gasteiger partial charge is 0.306 e. The third-order valence-corrected chi connectivity index (χ3v) is 11.6. The number of hydrogen-bond acceptors (Lipinski definition) is 6. The molecular weight excluding hydrogens is 769 g/mol. The molecule has 0 radical (unpaired) electrons. The van der Waals surface area contributed by atoms with Gasteiger partial charge in [-0.05, 0) is 77.0 Å². The number of ether oxygens (including phenoxy) is 3. The molecule has 360 valence electrons. The van der Waals surface area contributed by atoms with Crippen LogP contribution in [0.2, 0.25) is 0 Å². The number of hydrogen-bond donors (Lipinski definition) is 0. The van der Waals surface area contributed by atoms with Crippen molar-refractivity contribution >= 4 is 17.9 Å². The van der Waals surface area contributed by atoms with Crippen LogP contribution < -0.4 is 0 Å². The Labute approximate surface area is 384 Å². The third-order valence-electron chi connectivity index (χ3n) is 11.6. The number of carbonyl (C=O) groups excluding carboxylic acids is 3. The molecule has 0 aromatic heterocycles. The van der Waals surface area contributed by atoms with Gasteiger partial charge in [-0.2, -0.15) is 0 Å². The molecule has 0 aromatic rings. The minimum Gasteiger partial charge on any atom is -0.462 e. The van der Waals surface area contributed by atoms with Crippen LogP contribution in [0.3, 0.4) is 0 Å². The molecule has 0 saturated heterocycles. The Morgan fingerprint density at radius 3 is 1.02 bits per heavy atom. The lowest BCUT2D eigenvalue weighted by atomic mass is 10.0. The molecule has 0 fully saturated rings. The molecule has 1 atom stereocenters. The van der Waals surface area contributed by atoms with Gasteiger partial charge in [-0.25, -0.2) is 0 Å². The molecule has 0 heterocycles. The van der Waals surface area contributed by atoms with Gasteiger partial charge in [-0.1, -0.05) is 223 Å². The molecule has 0 aliphatic rings. The molecule has 0 aliphatic carbocycles. The molecule has 0 bridgehead atoms. The fraction of sp³-hybridized carbons (Fsp3) is 0.804. The van der Waals surface area contributed by atoms with E-state index in [0.29, 0.717) is 19.3 Å². The second-order valence-electron chi connectivity index (χ2n) is 17.8. The SMILES string of the molecule is CC/C=C\C/C=C\C/C=C\CCCCCC(=O)OCC(COC(=O)CCCCCCCCCCCCCCCCCCC)OC(=O)CCCCCCC/C=C\CCCCCCC. The summed E-state index contributed by atoms with van der Waals surface area (Å²) in [5.41, 5.74) is 0. The van der Waals surface area contributed by atoms with Gasteiger partial charge in [0.25, 0.3) is 0 Å². The average Bonchev–Trinajstić information content (AvgIpc) is 3.27. The van der Waals surface area contributed by atoms with Crippen molar-refractivity contribution in [3.8, 4) is 0 Å². The fourth-order valence-electron chi connectivity index (χ4n) is 7.57. The molecule has 0 aliphatic heterocycles. The topological polar surface area (TPSA) is 78.9 Å². The number of carbonyl (C=O) groups is 3. The van der Waals surface area contributed by atoms with Crippen LogP contribution in [0.5, 0.6) is 0 Å². The van der Waals surface area contributed by atoms with E-state index in [9.17, 15) is 14.4 Å². The van der Waals surface area contributed by atoms with Crippen molar-refractivity contribution in [1.29, 1.82) is 0 Å². The average molecular weight is 869 g/mol. The summed E-state index contributed by atoms with van der Waals surface area (Å²) in [6.07, 6.45) is 61.0. The standard InChI is InChI=1S/C56H100O6/c1-4-7-10-13-16-19-22-25-27-28-29-32-34-37-40-43-46-49-55(58)61-52-53(51-60-54(57)48-45-42-39-36-33-30-24-21-18-15-12-9-6-3)62-56(59)50-47-44-41-38-35-31-26-23-20-17-14-11-8-5-2/h9,12,18,21,23,26,30,33,53H,4-8,10-11,13-17,19-20,22,24-25,27-29,31-32,34-52H2,1-3H3/b12-9-,21-18-,26-23-,33-30-. The highest BCUT2D eigenvalue weighted by atomic mass is 16.6. The van der Waals surface area contributed by atoms with E-state index in [1.165, 1.54) is 135 Å². The van der Waals surface area contributed by atoms with Crippen molar-refractivity contribution in [2.75, 3.05) is 13.2 Å². The lowest BCUT2D eigenvalue weighted by molar-refractivity contribution is -0.167. The predicted molar refractivity (Wildman–Crippen MR) is 265 cm³/mol. The Kier molecular flexibility index (Phi) is 48.8. The van der Waals surface area contributed by atoms with E-state index < -0.39 is 6.10 Å². The normalized spacial score (nSPS) is 12.4. The second kappa shape index (κ2) is 51.0. The monoisotopic (exact) mass is 869 g/mol. The zero-order valence-corrected chi connectivity index (χ0v) is 41.1. The first-order valence-corrected chi connectivity index (χ1v) is 26.6. The fourth-order valence-corrected chi connectivity index (χ4v) is 7.57. The first-order chi connectivity index (χ1) is 30.5. The van der Waals surface area contributed by atoms with Crippen LogP contribution in [0.25, 0.3) is 0 Å². The molecule has 6 nitrogen and oxygen atoms in total. The summed E-state index contributed by atoms with van der Waals surface area (Å²) < 4.78 is 16.8. The van der Waals surface area contributed by atoms with Gasteiger partial charge < -0.3 is 14.2 Å². The van der Waals surface area contributed by atoms with Gasteiger partial charge in [0.2, 0.25) is 0 Å². The summed E-state index contributed by atoms with van der Waals surface area (Å²) in [5.74, 6) is -0.913. The van der Waals surface area contributed by atoms with Gasteiger partial charge in [0.05, 0.1) is 0 Å². The van der Waals surface area contributed by atoms with E-state index in [2.05, 4.69) is 69.4 Å². The largest absolute Gasteiger partial charge is 0.462 e. The van der Waals surface area contributed by atoms with E-state index >= 15 is 0 Å². The van der Waals surface area contributed by atoms with Crippen molar-refractivity contribution in [3.63, 3.8) is 0 Å². The number of rotatable bonds is 48.